The Morgan fingerprint density at radius 1 is 1.13 bits per heavy atom. The Bertz CT molecular complexity index is 157. The Hall–Kier alpha value is 0.690. The fraction of sp³-hybridized carbons (Fsp3) is 1.00. The van der Waals surface area contributed by atoms with E-state index in [2.05, 4.69) is 36.4 Å². The highest BCUT2D eigenvalue weighted by atomic mass is 127. The summed E-state index contributed by atoms with van der Waals surface area (Å²) in [5.74, 6) is 0.775. The zero-order valence-corrected chi connectivity index (χ0v) is 12.3. The molecule has 90 valence electrons. The lowest BCUT2D eigenvalue weighted by Gasteiger charge is -2.23. The molecule has 0 saturated heterocycles. The van der Waals surface area contributed by atoms with Crippen molar-refractivity contribution in [3.63, 3.8) is 0 Å². The molecule has 0 heterocycles. The molecule has 0 aliphatic heterocycles. The van der Waals surface area contributed by atoms with E-state index in [9.17, 15) is 0 Å². The lowest BCUT2D eigenvalue weighted by molar-refractivity contribution is 0.0249. The molecular formula is C13H25IO. The van der Waals surface area contributed by atoms with Gasteiger partial charge in [-0.15, -0.1) is 0 Å². The third-order valence-corrected chi connectivity index (χ3v) is 5.00. The standard InChI is InChI=1S/C13H25IO/c1-3-11(4-2)10-15-13-9-7-5-6-8-12(13)14/h11-13H,3-10H2,1-2H3. The molecule has 0 aromatic heterocycles. The van der Waals surface area contributed by atoms with E-state index < -0.39 is 0 Å². The highest BCUT2D eigenvalue weighted by Crippen LogP contribution is 2.27. The lowest BCUT2D eigenvalue weighted by atomic mass is 10.0. The van der Waals surface area contributed by atoms with Crippen molar-refractivity contribution in [2.75, 3.05) is 6.61 Å². The van der Waals surface area contributed by atoms with Gasteiger partial charge in [0.25, 0.3) is 0 Å². The van der Waals surface area contributed by atoms with Crippen LogP contribution in [0.1, 0.15) is 58.8 Å². The van der Waals surface area contributed by atoms with E-state index in [-0.39, 0.29) is 0 Å². The maximum Gasteiger partial charge on any atom is 0.0692 e. The van der Waals surface area contributed by atoms with Crippen molar-refractivity contribution in [2.24, 2.45) is 5.92 Å². The summed E-state index contributed by atoms with van der Waals surface area (Å²) in [5.41, 5.74) is 0. The van der Waals surface area contributed by atoms with Crippen molar-refractivity contribution >= 4 is 22.6 Å². The zero-order valence-electron chi connectivity index (χ0n) is 10.2. The predicted molar refractivity (Wildman–Crippen MR) is 74.7 cm³/mol. The van der Waals surface area contributed by atoms with Crippen LogP contribution in [0.15, 0.2) is 0 Å². The van der Waals surface area contributed by atoms with Crippen LogP contribution in [0, 0.1) is 5.92 Å². The molecule has 0 N–H and O–H groups in total. The molecule has 0 amide bonds. The Morgan fingerprint density at radius 2 is 1.80 bits per heavy atom. The number of rotatable bonds is 5. The monoisotopic (exact) mass is 324 g/mol. The van der Waals surface area contributed by atoms with Crippen molar-refractivity contribution in [3.8, 4) is 0 Å². The molecule has 0 radical (unpaired) electrons. The Labute approximate surface area is 108 Å². The van der Waals surface area contributed by atoms with E-state index in [1.54, 1.807) is 0 Å². The van der Waals surface area contributed by atoms with Gasteiger partial charge in [-0.25, -0.2) is 0 Å². The van der Waals surface area contributed by atoms with Gasteiger partial charge in [-0.3, -0.25) is 0 Å². The molecule has 0 bridgehead atoms. The average Bonchev–Trinajstić information content (AvgIpc) is 2.45. The maximum atomic E-state index is 6.11. The summed E-state index contributed by atoms with van der Waals surface area (Å²) in [7, 11) is 0. The highest BCUT2D eigenvalue weighted by molar-refractivity contribution is 14.1. The summed E-state index contributed by atoms with van der Waals surface area (Å²) < 4.78 is 6.86. The first kappa shape index (κ1) is 13.8. The number of hydrogen-bond acceptors (Lipinski definition) is 1. The third-order valence-electron chi connectivity index (χ3n) is 3.57. The second-order valence-electron chi connectivity index (χ2n) is 4.71. The number of hydrogen-bond donors (Lipinski definition) is 0. The zero-order chi connectivity index (χ0) is 11.1. The number of halogens is 1. The van der Waals surface area contributed by atoms with Crippen LogP contribution in [0.4, 0.5) is 0 Å². The summed E-state index contributed by atoms with van der Waals surface area (Å²) >= 11 is 2.59. The lowest BCUT2D eigenvalue weighted by Crippen LogP contribution is -2.25. The van der Waals surface area contributed by atoms with Crippen molar-refractivity contribution in [1.82, 2.24) is 0 Å². The van der Waals surface area contributed by atoms with E-state index in [0.717, 1.165) is 16.4 Å². The molecule has 0 aromatic rings. The van der Waals surface area contributed by atoms with Gasteiger partial charge in [-0.1, -0.05) is 68.5 Å². The van der Waals surface area contributed by atoms with Gasteiger partial charge in [-0.2, -0.15) is 0 Å². The molecule has 1 nitrogen and oxygen atoms in total. The van der Waals surface area contributed by atoms with Crippen LogP contribution in [0.2, 0.25) is 0 Å². The van der Waals surface area contributed by atoms with Crippen LogP contribution in [-0.2, 0) is 4.74 Å². The van der Waals surface area contributed by atoms with Crippen molar-refractivity contribution < 1.29 is 4.74 Å². The van der Waals surface area contributed by atoms with Gasteiger partial charge in [0.05, 0.1) is 6.10 Å². The second-order valence-corrected chi connectivity index (χ2v) is 6.31. The van der Waals surface area contributed by atoms with Crippen molar-refractivity contribution in [1.29, 1.82) is 0 Å². The van der Waals surface area contributed by atoms with E-state index in [1.165, 1.54) is 44.9 Å². The molecule has 2 unspecified atom stereocenters. The third kappa shape index (κ3) is 5.03. The highest BCUT2D eigenvalue weighted by Gasteiger charge is 2.22. The predicted octanol–water partition coefficient (Wildman–Crippen LogP) is 4.58. The molecule has 15 heavy (non-hydrogen) atoms. The van der Waals surface area contributed by atoms with E-state index in [1.807, 2.05) is 0 Å². The SMILES string of the molecule is CCC(CC)COC1CCCCCC1I. The fourth-order valence-corrected chi connectivity index (χ4v) is 3.21. The summed E-state index contributed by atoms with van der Waals surface area (Å²) in [6.45, 7) is 5.52. The quantitative estimate of drug-likeness (QED) is 0.409. The van der Waals surface area contributed by atoms with Crippen LogP contribution in [0.25, 0.3) is 0 Å². The minimum atomic E-state index is 0.536. The van der Waals surface area contributed by atoms with Crippen LogP contribution >= 0.6 is 22.6 Å². The van der Waals surface area contributed by atoms with E-state index in [4.69, 9.17) is 4.74 Å². The van der Waals surface area contributed by atoms with Gasteiger partial charge >= 0.3 is 0 Å². The molecule has 1 aliphatic carbocycles. The van der Waals surface area contributed by atoms with Crippen LogP contribution in [0.3, 0.4) is 0 Å². The molecule has 1 saturated carbocycles. The Balaban J connectivity index is 2.28. The Morgan fingerprint density at radius 3 is 2.47 bits per heavy atom. The first-order valence-electron chi connectivity index (χ1n) is 6.53. The molecule has 0 spiro atoms. The number of ether oxygens (including phenoxy) is 1. The summed E-state index contributed by atoms with van der Waals surface area (Å²) in [4.78, 5) is 0. The molecule has 1 aliphatic rings. The van der Waals surface area contributed by atoms with Gasteiger partial charge < -0.3 is 4.74 Å². The van der Waals surface area contributed by atoms with Gasteiger partial charge in [0, 0.05) is 10.5 Å². The van der Waals surface area contributed by atoms with Crippen LogP contribution < -0.4 is 0 Å². The van der Waals surface area contributed by atoms with Crippen LogP contribution in [0.5, 0.6) is 0 Å². The summed E-state index contributed by atoms with van der Waals surface area (Å²) in [5, 5.41) is 0. The topological polar surface area (TPSA) is 9.23 Å². The first-order valence-corrected chi connectivity index (χ1v) is 7.78. The van der Waals surface area contributed by atoms with Gasteiger partial charge in [0.15, 0.2) is 0 Å². The van der Waals surface area contributed by atoms with E-state index in [0.29, 0.717) is 6.10 Å². The Kier molecular flexibility index (Phi) is 7.23. The fourth-order valence-electron chi connectivity index (χ4n) is 2.20. The smallest absolute Gasteiger partial charge is 0.0692 e. The minimum Gasteiger partial charge on any atom is -0.377 e. The van der Waals surface area contributed by atoms with Gasteiger partial charge in [0.1, 0.15) is 0 Å². The second kappa shape index (κ2) is 7.88. The van der Waals surface area contributed by atoms with Crippen molar-refractivity contribution in [2.45, 2.75) is 68.8 Å². The maximum absolute atomic E-state index is 6.11. The molecule has 1 fully saturated rings. The van der Waals surface area contributed by atoms with Crippen molar-refractivity contribution in [3.05, 3.63) is 0 Å². The molecule has 2 heteroatoms. The van der Waals surface area contributed by atoms with Crippen LogP contribution in [-0.4, -0.2) is 16.6 Å². The van der Waals surface area contributed by atoms with E-state index >= 15 is 0 Å². The van der Waals surface area contributed by atoms with Gasteiger partial charge in [-0.05, 0) is 18.8 Å². The normalized spacial score (nSPS) is 28.0. The molecule has 0 aromatic carbocycles. The molecule has 1 rings (SSSR count). The molecule has 2 atom stereocenters. The van der Waals surface area contributed by atoms with Gasteiger partial charge in [0.2, 0.25) is 0 Å². The largest absolute Gasteiger partial charge is 0.377 e. The minimum absolute atomic E-state index is 0.536. The summed E-state index contributed by atoms with van der Waals surface area (Å²) in [6.07, 6.45) is 9.87. The number of alkyl halides is 1. The average molecular weight is 324 g/mol. The summed E-state index contributed by atoms with van der Waals surface area (Å²) in [6, 6.07) is 0. The molecular weight excluding hydrogens is 299 g/mol. The first-order chi connectivity index (χ1) is 7.27.